The normalized spacial score (nSPS) is 12.6. The molecule has 4 nitrogen and oxygen atoms in total. The zero-order chi connectivity index (χ0) is 16.0. The van der Waals surface area contributed by atoms with Gasteiger partial charge in [-0.3, -0.25) is 9.59 Å². The van der Waals surface area contributed by atoms with Gasteiger partial charge in [0, 0.05) is 20.5 Å². The first-order chi connectivity index (χ1) is 9.69. The van der Waals surface area contributed by atoms with Crippen LogP contribution in [-0.4, -0.2) is 43.0 Å². The van der Waals surface area contributed by atoms with E-state index in [2.05, 4.69) is 5.32 Å². The highest BCUT2D eigenvalue weighted by Crippen LogP contribution is 2.19. The summed E-state index contributed by atoms with van der Waals surface area (Å²) in [6.07, 6.45) is -6.05. The molecule has 7 heteroatoms. The fourth-order valence-electron chi connectivity index (χ4n) is 1.79. The summed E-state index contributed by atoms with van der Waals surface area (Å²) in [5.74, 6) is -1.66. The number of likely N-dealkylation sites (N-methyl/N-ethyl adjacent to an activating group) is 1. The molecule has 0 aliphatic heterocycles. The number of benzene rings is 1. The highest BCUT2D eigenvalue weighted by atomic mass is 19.4. The van der Waals surface area contributed by atoms with Gasteiger partial charge in [-0.1, -0.05) is 30.3 Å². The van der Waals surface area contributed by atoms with Crippen molar-refractivity contribution >= 4 is 11.8 Å². The third-order valence-electron chi connectivity index (χ3n) is 2.72. The van der Waals surface area contributed by atoms with E-state index in [-0.39, 0.29) is 6.42 Å². The SMILES string of the molecule is CN(C)C(=O)[C@@H](Cc1ccccc1)NC(=O)CC(F)(F)F. The molecule has 0 aliphatic carbocycles. The van der Waals surface area contributed by atoms with Crippen molar-refractivity contribution in [2.24, 2.45) is 0 Å². The van der Waals surface area contributed by atoms with Crippen LogP contribution in [0, 0.1) is 0 Å². The summed E-state index contributed by atoms with van der Waals surface area (Å²) >= 11 is 0. The quantitative estimate of drug-likeness (QED) is 0.901. The Morgan fingerprint density at radius 2 is 1.76 bits per heavy atom. The number of alkyl halides is 3. The molecule has 1 aromatic rings. The number of carbonyl (C=O) groups excluding carboxylic acids is 2. The maximum atomic E-state index is 12.2. The Hall–Kier alpha value is -2.05. The van der Waals surface area contributed by atoms with Crippen LogP contribution in [0.1, 0.15) is 12.0 Å². The van der Waals surface area contributed by atoms with E-state index in [0.717, 1.165) is 5.56 Å². The van der Waals surface area contributed by atoms with Gasteiger partial charge in [-0.25, -0.2) is 0 Å². The number of hydrogen-bond donors (Lipinski definition) is 1. The second-order valence-electron chi connectivity index (χ2n) is 4.83. The van der Waals surface area contributed by atoms with Crippen LogP contribution < -0.4 is 5.32 Å². The number of nitrogens with one attached hydrogen (secondary N) is 1. The fourth-order valence-corrected chi connectivity index (χ4v) is 1.79. The van der Waals surface area contributed by atoms with Gasteiger partial charge in [-0.2, -0.15) is 13.2 Å². The van der Waals surface area contributed by atoms with E-state index in [1.165, 1.54) is 19.0 Å². The van der Waals surface area contributed by atoms with Crippen molar-refractivity contribution in [3.8, 4) is 0 Å². The van der Waals surface area contributed by atoms with Crippen LogP contribution in [0.15, 0.2) is 30.3 Å². The molecule has 0 bridgehead atoms. The zero-order valence-corrected chi connectivity index (χ0v) is 11.8. The van der Waals surface area contributed by atoms with Gasteiger partial charge in [0.1, 0.15) is 12.5 Å². The summed E-state index contributed by atoms with van der Waals surface area (Å²) < 4.78 is 36.6. The average molecular weight is 302 g/mol. The van der Waals surface area contributed by atoms with Gasteiger partial charge in [-0.05, 0) is 5.56 Å². The Balaban J connectivity index is 2.78. The van der Waals surface area contributed by atoms with Crippen molar-refractivity contribution in [2.75, 3.05) is 14.1 Å². The lowest BCUT2D eigenvalue weighted by Crippen LogP contribution is -2.48. The molecule has 0 radical (unpaired) electrons. The Bertz CT molecular complexity index is 487. The lowest BCUT2D eigenvalue weighted by atomic mass is 10.0. The lowest BCUT2D eigenvalue weighted by molar-refractivity contribution is -0.155. The molecular formula is C14H17F3N2O2. The van der Waals surface area contributed by atoms with Crippen molar-refractivity contribution in [1.82, 2.24) is 10.2 Å². The van der Waals surface area contributed by atoms with E-state index in [1.807, 2.05) is 0 Å². The summed E-state index contributed by atoms with van der Waals surface area (Å²) in [7, 11) is 2.96. The van der Waals surface area contributed by atoms with Crippen molar-refractivity contribution in [2.45, 2.75) is 25.1 Å². The van der Waals surface area contributed by atoms with Gasteiger partial charge in [0.05, 0.1) is 0 Å². The summed E-state index contributed by atoms with van der Waals surface area (Å²) in [5, 5.41) is 2.15. The van der Waals surface area contributed by atoms with Crippen LogP contribution in [0.25, 0.3) is 0 Å². The van der Waals surface area contributed by atoms with Gasteiger partial charge in [-0.15, -0.1) is 0 Å². The predicted molar refractivity (Wildman–Crippen MR) is 71.4 cm³/mol. The minimum Gasteiger partial charge on any atom is -0.347 e. The number of rotatable bonds is 5. The molecule has 1 aromatic carbocycles. The Kier molecular flexibility index (Phi) is 5.75. The Morgan fingerprint density at radius 3 is 2.24 bits per heavy atom. The first kappa shape index (κ1) is 17.0. The van der Waals surface area contributed by atoms with Crippen molar-refractivity contribution in [1.29, 1.82) is 0 Å². The number of hydrogen-bond acceptors (Lipinski definition) is 2. The number of amides is 2. The van der Waals surface area contributed by atoms with Crippen molar-refractivity contribution in [3.05, 3.63) is 35.9 Å². The third kappa shape index (κ3) is 6.29. The van der Waals surface area contributed by atoms with E-state index in [9.17, 15) is 22.8 Å². The largest absolute Gasteiger partial charge is 0.397 e. The van der Waals surface area contributed by atoms with Crippen LogP contribution in [0.3, 0.4) is 0 Å². The second-order valence-corrected chi connectivity index (χ2v) is 4.83. The van der Waals surface area contributed by atoms with Crippen molar-refractivity contribution < 1.29 is 22.8 Å². The maximum absolute atomic E-state index is 12.2. The Morgan fingerprint density at radius 1 is 1.19 bits per heavy atom. The lowest BCUT2D eigenvalue weighted by Gasteiger charge is -2.22. The average Bonchev–Trinajstić information content (AvgIpc) is 2.36. The molecule has 1 N–H and O–H groups in total. The molecule has 0 saturated heterocycles. The fraction of sp³-hybridized carbons (Fsp3) is 0.429. The smallest absolute Gasteiger partial charge is 0.347 e. The molecule has 1 rings (SSSR count). The van der Waals surface area contributed by atoms with Crippen LogP contribution in [0.4, 0.5) is 13.2 Å². The third-order valence-corrected chi connectivity index (χ3v) is 2.72. The highest BCUT2D eigenvalue weighted by Gasteiger charge is 2.33. The molecule has 0 fully saturated rings. The molecule has 0 heterocycles. The van der Waals surface area contributed by atoms with E-state index in [4.69, 9.17) is 0 Å². The summed E-state index contributed by atoms with van der Waals surface area (Å²) in [5.41, 5.74) is 0.755. The summed E-state index contributed by atoms with van der Waals surface area (Å²) in [6, 6.07) is 7.76. The molecule has 0 aliphatic rings. The molecule has 21 heavy (non-hydrogen) atoms. The van der Waals surface area contributed by atoms with Gasteiger partial charge in [0.2, 0.25) is 11.8 Å². The topological polar surface area (TPSA) is 49.4 Å². The van der Waals surface area contributed by atoms with Gasteiger partial charge in [0.15, 0.2) is 0 Å². The van der Waals surface area contributed by atoms with E-state index in [1.54, 1.807) is 30.3 Å². The van der Waals surface area contributed by atoms with E-state index < -0.39 is 30.5 Å². The number of carbonyl (C=O) groups is 2. The highest BCUT2D eigenvalue weighted by molar-refractivity contribution is 5.87. The molecule has 0 saturated carbocycles. The monoisotopic (exact) mass is 302 g/mol. The van der Waals surface area contributed by atoms with Crippen LogP contribution >= 0.6 is 0 Å². The molecule has 0 unspecified atom stereocenters. The molecule has 0 aromatic heterocycles. The standard InChI is InChI=1S/C14H17F3N2O2/c1-19(2)13(21)11(8-10-6-4-3-5-7-10)18-12(20)9-14(15,16)17/h3-7,11H,8-9H2,1-2H3,(H,18,20)/t11-/m1/s1. The second kappa shape index (κ2) is 7.10. The number of halogens is 3. The predicted octanol–water partition coefficient (Wildman–Crippen LogP) is 1.75. The van der Waals surface area contributed by atoms with Crippen LogP contribution in [0.5, 0.6) is 0 Å². The van der Waals surface area contributed by atoms with Crippen LogP contribution in [0.2, 0.25) is 0 Å². The minimum absolute atomic E-state index is 0.140. The van der Waals surface area contributed by atoms with E-state index >= 15 is 0 Å². The Labute approximate surface area is 120 Å². The van der Waals surface area contributed by atoms with Crippen LogP contribution in [-0.2, 0) is 16.0 Å². The van der Waals surface area contributed by atoms with Gasteiger partial charge < -0.3 is 10.2 Å². The minimum atomic E-state index is -4.59. The summed E-state index contributed by atoms with van der Waals surface area (Å²) in [4.78, 5) is 24.6. The zero-order valence-electron chi connectivity index (χ0n) is 11.8. The molecule has 116 valence electrons. The van der Waals surface area contributed by atoms with E-state index in [0.29, 0.717) is 0 Å². The molecule has 0 spiro atoms. The molecule has 2 amide bonds. The molecular weight excluding hydrogens is 285 g/mol. The van der Waals surface area contributed by atoms with Crippen molar-refractivity contribution in [3.63, 3.8) is 0 Å². The number of nitrogens with zero attached hydrogens (tertiary/aromatic N) is 1. The van der Waals surface area contributed by atoms with Gasteiger partial charge in [0.25, 0.3) is 0 Å². The van der Waals surface area contributed by atoms with Gasteiger partial charge >= 0.3 is 6.18 Å². The first-order valence-electron chi connectivity index (χ1n) is 6.30. The maximum Gasteiger partial charge on any atom is 0.397 e. The first-order valence-corrected chi connectivity index (χ1v) is 6.30. The molecule has 1 atom stereocenters. The summed E-state index contributed by atoms with van der Waals surface area (Å²) in [6.45, 7) is 0.